The monoisotopic (exact) mass is 530 g/mol. The number of ether oxygens (including phenoxy) is 1. The van der Waals surface area contributed by atoms with Gasteiger partial charge in [0.05, 0.1) is 22.6 Å². The first kappa shape index (κ1) is 23.2. The van der Waals surface area contributed by atoms with Crippen molar-refractivity contribution in [2.24, 2.45) is 10.1 Å². The minimum atomic E-state index is -0.801. The fourth-order valence-electron chi connectivity index (χ4n) is 3.33. The topological polar surface area (TPSA) is 68.0 Å². The van der Waals surface area contributed by atoms with Crippen LogP contribution in [0.4, 0.5) is 20.2 Å². The number of carbonyl (C=O) groups excluding carboxylic acids is 1. The summed E-state index contributed by atoms with van der Waals surface area (Å²) in [4.78, 5) is 16.4. The fraction of sp³-hybridized carbons (Fsp3) is 0.0417. The minimum absolute atomic E-state index is 0.0422. The van der Waals surface area contributed by atoms with Crippen LogP contribution in [-0.2, 0) is 4.79 Å². The van der Waals surface area contributed by atoms with Gasteiger partial charge in [0.2, 0.25) is 4.80 Å². The van der Waals surface area contributed by atoms with Crippen LogP contribution in [0.15, 0.2) is 70.1 Å². The van der Waals surface area contributed by atoms with Crippen molar-refractivity contribution < 1.29 is 18.3 Å². The number of rotatable bonds is 4. The van der Waals surface area contributed by atoms with Crippen LogP contribution in [-0.4, -0.2) is 23.4 Å². The van der Waals surface area contributed by atoms with E-state index in [4.69, 9.17) is 27.9 Å². The van der Waals surface area contributed by atoms with Crippen molar-refractivity contribution in [3.63, 3.8) is 0 Å². The third kappa shape index (κ3) is 4.97. The molecule has 3 aromatic carbocycles. The molecule has 176 valence electrons. The Balaban J connectivity index is 1.65. The second kappa shape index (κ2) is 9.61. The molecular weight excluding hydrogens is 517 g/mol. The molecule has 2 heterocycles. The number of aromatic nitrogens is 1. The van der Waals surface area contributed by atoms with Crippen molar-refractivity contribution in [3.8, 4) is 17.0 Å². The zero-order valence-corrected chi connectivity index (χ0v) is 20.0. The van der Waals surface area contributed by atoms with Crippen molar-refractivity contribution in [2.75, 3.05) is 11.9 Å². The predicted octanol–water partition coefficient (Wildman–Crippen LogP) is 6.25. The Morgan fingerprint density at radius 3 is 2.74 bits per heavy atom. The molecule has 0 saturated heterocycles. The molecule has 1 N–H and O–H groups in total. The predicted molar refractivity (Wildman–Crippen MR) is 133 cm³/mol. The Kier molecular flexibility index (Phi) is 6.38. The van der Waals surface area contributed by atoms with Crippen molar-refractivity contribution in [3.05, 3.63) is 92.0 Å². The Bertz CT molecular complexity index is 1570. The third-order valence-electron chi connectivity index (χ3n) is 4.99. The molecule has 11 heteroatoms. The average molecular weight is 531 g/mol. The summed E-state index contributed by atoms with van der Waals surface area (Å²) in [6.07, 6.45) is 1.53. The number of benzene rings is 3. The van der Waals surface area contributed by atoms with Crippen LogP contribution >= 0.6 is 34.5 Å². The molecule has 0 unspecified atom stereocenters. The van der Waals surface area contributed by atoms with Gasteiger partial charge in [-0.25, -0.2) is 18.4 Å². The lowest BCUT2D eigenvalue weighted by Crippen LogP contribution is -2.25. The third-order valence-corrected chi connectivity index (χ3v) is 6.37. The zero-order valence-electron chi connectivity index (χ0n) is 17.6. The van der Waals surface area contributed by atoms with Crippen LogP contribution in [0.3, 0.4) is 0 Å². The number of hydrogen-bond donors (Lipinski definition) is 1. The molecule has 6 nitrogen and oxygen atoms in total. The Morgan fingerprint density at radius 2 is 1.94 bits per heavy atom. The lowest BCUT2D eigenvalue weighted by molar-refractivity contribution is -0.118. The summed E-state index contributed by atoms with van der Waals surface area (Å²) in [7, 11) is 0. The standard InChI is InChI=1S/C24H14Cl2F2N4O2S/c25-15-3-1-14(17(26)8-15)10-29-32-21(13-2-6-22-20(7-13)30-23(33)11-34-22)12-35-24(32)31-19-5-4-16(27)9-18(19)28/h1-10,12H,11H2,(H,30,33). The van der Waals surface area contributed by atoms with Crippen LogP contribution in [0.2, 0.25) is 10.0 Å². The normalized spacial score (nSPS) is 13.6. The van der Waals surface area contributed by atoms with E-state index in [1.165, 1.54) is 28.3 Å². The summed E-state index contributed by atoms with van der Waals surface area (Å²) in [6.45, 7) is -0.0524. The molecule has 35 heavy (non-hydrogen) atoms. The van der Waals surface area contributed by atoms with Crippen molar-refractivity contribution in [1.82, 2.24) is 4.68 Å². The highest BCUT2D eigenvalue weighted by atomic mass is 35.5. The van der Waals surface area contributed by atoms with Crippen LogP contribution in [0.1, 0.15) is 5.56 Å². The van der Waals surface area contributed by atoms with Crippen molar-refractivity contribution in [1.29, 1.82) is 0 Å². The maximum Gasteiger partial charge on any atom is 0.262 e. The number of nitrogens with one attached hydrogen (secondary N) is 1. The van der Waals surface area contributed by atoms with E-state index in [0.29, 0.717) is 43.1 Å². The van der Waals surface area contributed by atoms with Crippen molar-refractivity contribution >= 4 is 58.0 Å². The van der Waals surface area contributed by atoms with E-state index in [1.807, 2.05) is 6.07 Å². The number of anilines is 1. The smallest absolute Gasteiger partial charge is 0.262 e. The first-order valence-electron chi connectivity index (χ1n) is 10.1. The second-order valence-electron chi connectivity index (χ2n) is 7.38. The molecule has 0 radical (unpaired) electrons. The lowest BCUT2D eigenvalue weighted by Gasteiger charge is -2.18. The van der Waals surface area contributed by atoms with E-state index in [0.717, 1.165) is 12.1 Å². The fourth-order valence-corrected chi connectivity index (χ4v) is 4.64. The zero-order chi connectivity index (χ0) is 24.5. The van der Waals surface area contributed by atoms with Crippen LogP contribution < -0.4 is 14.9 Å². The van der Waals surface area contributed by atoms with E-state index in [1.54, 1.807) is 35.7 Å². The van der Waals surface area contributed by atoms with Gasteiger partial charge in [0.25, 0.3) is 5.91 Å². The van der Waals surface area contributed by atoms with E-state index >= 15 is 0 Å². The summed E-state index contributed by atoms with van der Waals surface area (Å²) in [5.74, 6) is -1.21. The Morgan fingerprint density at radius 1 is 1.09 bits per heavy atom. The number of thiazole rings is 1. The first-order chi connectivity index (χ1) is 16.9. The molecule has 0 fully saturated rings. The Labute approximate surface area is 211 Å². The van der Waals surface area contributed by atoms with Gasteiger partial charge < -0.3 is 10.1 Å². The largest absolute Gasteiger partial charge is 0.482 e. The lowest BCUT2D eigenvalue weighted by atomic mass is 10.1. The van der Waals surface area contributed by atoms with Gasteiger partial charge in [-0.05, 0) is 42.5 Å². The average Bonchev–Trinajstić information content (AvgIpc) is 3.22. The van der Waals surface area contributed by atoms with Gasteiger partial charge in [0.15, 0.2) is 12.4 Å². The molecule has 4 aromatic rings. The van der Waals surface area contributed by atoms with Crippen molar-refractivity contribution in [2.45, 2.75) is 0 Å². The van der Waals surface area contributed by atoms with Gasteiger partial charge in [0, 0.05) is 27.6 Å². The number of halogens is 4. The van der Waals surface area contributed by atoms with Gasteiger partial charge in [0.1, 0.15) is 17.3 Å². The molecule has 1 amide bonds. The van der Waals surface area contributed by atoms with Gasteiger partial charge >= 0.3 is 0 Å². The molecule has 1 aromatic heterocycles. The molecule has 0 aliphatic carbocycles. The highest BCUT2D eigenvalue weighted by molar-refractivity contribution is 7.07. The van der Waals surface area contributed by atoms with Crippen LogP contribution in [0, 0.1) is 11.6 Å². The highest BCUT2D eigenvalue weighted by Crippen LogP contribution is 2.33. The van der Waals surface area contributed by atoms with Crippen LogP contribution in [0.25, 0.3) is 11.3 Å². The van der Waals surface area contributed by atoms with E-state index in [-0.39, 0.29) is 18.2 Å². The first-order valence-corrected chi connectivity index (χ1v) is 11.8. The summed E-state index contributed by atoms with van der Waals surface area (Å²) in [5, 5.41) is 9.98. The highest BCUT2D eigenvalue weighted by Gasteiger charge is 2.18. The molecule has 1 aliphatic rings. The maximum atomic E-state index is 14.3. The van der Waals surface area contributed by atoms with E-state index < -0.39 is 11.6 Å². The molecule has 1 aliphatic heterocycles. The number of nitrogens with zero attached hydrogens (tertiary/aromatic N) is 3. The molecule has 0 bridgehead atoms. The SMILES string of the molecule is O=C1COc2ccc(-c3csc(=Nc4ccc(F)cc4F)n3N=Cc3ccc(Cl)cc3Cl)cc2N1. The van der Waals surface area contributed by atoms with E-state index in [2.05, 4.69) is 15.4 Å². The minimum Gasteiger partial charge on any atom is -0.482 e. The number of fused-ring (bicyclic) bond motifs is 1. The van der Waals surface area contributed by atoms with Gasteiger partial charge in [-0.3, -0.25) is 4.79 Å². The molecule has 0 saturated carbocycles. The molecule has 5 rings (SSSR count). The quantitative estimate of drug-likeness (QED) is 0.317. The molecule has 0 spiro atoms. The summed E-state index contributed by atoms with van der Waals surface area (Å²) >= 11 is 13.5. The number of carbonyl (C=O) groups is 1. The summed E-state index contributed by atoms with van der Waals surface area (Å²) in [5.41, 5.74) is 2.39. The molecular formula is C24H14Cl2F2N4O2S. The molecule has 0 atom stereocenters. The van der Waals surface area contributed by atoms with E-state index in [9.17, 15) is 13.6 Å². The number of hydrogen-bond acceptors (Lipinski definition) is 5. The van der Waals surface area contributed by atoms with Gasteiger partial charge in [-0.2, -0.15) is 5.10 Å². The second-order valence-corrected chi connectivity index (χ2v) is 9.06. The van der Waals surface area contributed by atoms with Gasteiger partial charge in [-0.1, -0.05) is 29.3 Å². The summed E-state index contributed by atoms with van der Waals surface area (Å²) < 4.78 is 34.6. The van der Waals surface area contributed by atoms with Gasteiger partial charge in [-0.15, -0.1) is 11.3 Å². The maximum absolute atomic E-state index is 14.3. The number of amides is 1. The van der Waals surface area contributed by atoms with Crippen LogP contribution in [0.5, 0.6) is 5.75 Å². The Hall–Kier alpha value is -3.53. The summed E-state index contributed by atoms with van der Waals surface area (Å²) in [6, 6.07) is 13.4.